The number of anilines is 1. The zero-order valence-electron chi connectivity index (χ0n) is 13.7. The molecule has 2 aromatic carbocycles. The second kappa shape index (κ2) is 7.43. The topological polar surface area (TPSA) is 92.7 Å². The second-order valence-electron chi connectivity index (χ2n) is 5.67. The van der Waals surface area contributed by atoms with Gasteiger partial charge in [-0.15, -0.1) is 0 Å². The molecule has 134 valence electrons. The van der Waals surface area contributed by atoms with Gasteiger partial charge in [0.05, 0.1) is 17.8 Å². The number of benzene rings is 2. The molecular formula is C17H18ClNO5S. The van der Waals surface area contributed by atoms with Crippen molar-refractivity contribution in [2.24, 2.45) is 0 Å². The molecule has 2 rings (SSSR count). The Morgan fingerprint density at radius 1 is 1.16 bits per heavy atom. The van der Waals surface area contributed by atoms with Crippen molar-refractivity contribution >= 4 is 33.0 Å². The molecule has 0 heterocycles. The Balaban J connectivity index is 2.14. The minimum atomic E-state index is -3.87. The number of amides is 1. The predicted octanol–water partition coefficient (Wildman–Crippen LogP) is 2.51. The van der Waals surface area contributed by atoms with E-state index < -0.39 is 27.1 Å². The highest BCUT2D eigenvalue weighted by atomic mass is 35.5. The monoisotopic (exact) mass is 383 g/mol. The van der Waals surface area contributed by atoms with E-state index in [0.29, 0.717) is 16.5 Å². The van der Waals surface area contributed by atoms with E-state index in [1.807, 2.05) is 0 Å². The molecule has 0 saturated carbocycles. The fourth-order valence-electron chi connectivity index (χ4n) is 2.10. The van der Waals surface area contributed by atoms with Gasteiger partial charge in [-0.05, 0) is 55.5 Å². The summed E-state index contributed by atoms with van der Waals surface area (Å²) in [6, 6.07) is 12.0. The first-order chi connectivity index (χ1) is 11.6. The van der Waals surface area contributed by atoms with E-state index in [4.69, 9.17) is 16.3 Å². The van der Waals surface area contributed by atoms with Crippen molar-refractivity contribution in [1.82, 2.24) is 0 Å². The van der Waals surface area contributed by atoms with E-state index in [1.165, 1.54) is 31.4 Å². The number of carbonyl (C=O) groups is 1. The quantitative estimate of drug-likeness (QED) is 0.799. The molecule has 2 N–H and O–H groups in total. The summed E-state index contributed by atoms with van der Waals surface area (Å²) in [5, 5.41) is 13.3. The summed E-state index contributed by atoms with van der Waals surface area (Å²) in [5.41, 5.74) is -1.71. The Labute approximate surface area is 151 Å². The van der Waals surface area contributed by atoms with E-state index in [9.17, 15) is 18.3 Å². The SMILES string of the molecule is COc1ccc(S(=O)(=O)CC(C)(O)C(=O)Nc2ccc(Cl)cc2)cc1. The lowest BCUT2D eigenvalue weighted by Crippen LogP contribution is -2.45. The highest BCUT2D eigenvalue weighted by Crippen LogP contribution is 2.21. The van der Waals surface area contributed by atoms with Gasteiger partial charge in [-0.2, -0.15) is 0 Å². The average Bonchev–Trinajstić information content (AvgIpc) is 2.56. The molecule has 0 spiro atoms. The van der Waals surface area contributed by atoms with Crippen LogP contribution in [0.25, 0.3) is 0 Å². The highest BCUT2D eigenvalue weighted by Gasteiger charge is 2.36. The minimum absolute atomic E-state index is 0.00660. The van der Waals surface area contributed by atoms with Crippen molar-refractivity contribution in [3.05, 3.63) is 53.6 Å². The third-order valence-corrected chi connectivity index (χ3v) is 5.67. The fourth-order valence-corrected chi connectivity index (χ4v) is 3.82. The van der Waals surface area contributed by atoms with E-state index >= 15 is 0 Å². The minimum Gasteiger partial charge on any atom is -0.497 e. The molecule has 0 radical (unpaired) electrons. The lowest BCUT2D eigenvalue weighted by molar-refractivity contribution is -0.130. The van der Waals surface area contributed by atoms with Gasteiger partial charge in [-0.3, -0.25) is 4.79 Å². The van der Waals surface area contributed by atoms with Crippen LogP contribution in [0.3, 0.4) is 0 Å². The average molecular weight is 384 g/mol. The molecule has 2 aromatic rings. The summed E-state index contributed by atoms with van der Waals surface area (Å²) in [6.07, 6.45) is 0. The molecule has 0 fully saturated rings. The summed E-state index contributed by atoms with van der Waals surface area (Å²) in [7, 11) is -2.41. The summed E-state index contributed by atoms with van der Waals surface area (Å²) < 4.78 is 29.9. The third-order valence-electron chi connectivity index (χ3n) is 3.48. The summed E-state index contributed by atoms with van der Waals surface area (Å²) in [5.74, 6) is -1.08. The Morgan fingerprint density at radius 2 is 1.72 bits per heavy atom. The largest absolute Gasteiger partial charge is 0.497 e. The van der Waals surface area contributed by atoms with Crippen LogP contribution in [0.5, 0.6) is 5.75 Å². The van der Waals surface area contributed by atoms with Gasteiger partial charge in [0, 0.05) is 10.7 Å². The smallest absolute Gasteiger partial charge is 0.257 e. The molecule has 1 amide bonds. The molecular weight excluding hydrogens is 366 g/mol. The number of halogens is 1. The number of rotatable bonds is 6. The van der Waals surface area contributed by atoms with Crippen LogP contribution >= 0.6 is 11.6 Å². The summed E-state index contributed by atoms with van der Waals surface area (Å²) in [6.45, 7) is 1.15. The molecule has 0 bridgehead atoms. The standard InChI is InChI=1S/C17H18ClNO5S/c1-17(21,16(20)19-13-5-3-12(18)4-6-13)11-25(22,23)15-9-7-14(24-2)8-10-15/h3-10,21H,11H2,1-2H3,(H,19,20). The molecule has 25 heavy (non-hydrogen) atoms. The van der Waals surface area contributed by atoms with Crippen molar-refractivity contribution < 1.29 is 23.1 Å². The van der Waals surface area contributed by atoms with Gasteiger partial charge in [0.15, 0.2) is 15.4 Å². The molecule has 1 unspecified atom stereocenters. The van der Waals surface area contributed by atoms with Crippen LogP contribution in [0.1, 0.15) is 6.92 Å². The number of aliphatic hydroxyl groups is 1. The second-order valence-corrected chi connectivity index (χ2v) is 8.10. The molecule has 0 aliphatic carbocycles. The Morgan fingerprint density at radius 3 is 2.24 bits per heavy atom. The van der Waals surface area contributed by atoms with Crippen LogP contribution in [-0.4, -0.2) is 37.9 Å². The van der Waals surface area contributed by atoms with Gasteiger partial charge in [0.2, 0.25) is 0 Å². The molecule has 0 aliphatic heterocycles. The van der Waals surface area contributed by atoms with Crippen LogP contribution in [-0.2, 0) is 14.6 Å². The van der Waals surface area contributed by atoms with E-state index in [-0.39, 0.29) is 4.90 Å². The maximum Gasteiger partial charge on any atom is 0.257 e. The zero-order chi connectivity index (χ0) is 18.7. The summed E-state index contributed by atoms with van der Waals surface area (Å²) in [4.78, 5) is 12.2. The first-order valence-corrected chi connectivity index (χ1v) is 9.33. The lowest BCUT2D eigenvalue weighted by atomic mass is 10.1. The molecule has 6 nitrogen and oxygen atoms in total. The third kappa shape index (κ3) is 4.94. The van der Waals surface area contributed by atoms with Crippen LogP contribution in [0.15, 0.2) is 53.4 Å². The van der Waals surface area contributed by atoms with E-state index in [0.717, 1.165) is 6.92 Å². The van der Waals surface area contributed by atoms with E-state index in [1.54, 1.807) is 24.3 Å². The highest BCUT2D eigenvalue weighted by molar-refractivity contribution is 7.91. The maximum absolute atomic E-state index is 12.5. The normalized spacial score (nSPS) is 13.8. The molecule has 0 aromatic heterocycles. The van der Waals surface area contributed by atoms with Crippen molar-refractivity contribution in [3.63, 3.8) is 0 Å². The van der Waals surface area contributed by atoms with Crippen LogP contribution in [0.2, 0.25) is 5.02 Å². The Hall–Kier alpha value is -2.09. The number of nitrogens with one attached hydrogen (secondary N) is 1. The van der Waals surface area contributed by atoms with Crippen LogP contribution in [0.4, 0.5) is 5.69 Å². The number of ether oxygens (including phenoxy) is 1. The Bertz CT molecular complexity index is 846. The van der Waals surface area contributed by atoms with Crippen molar-refractivity contribution in [1.29, 1.82) is 0 Å². The van der Waals surface area contributed by atoms with Crippen LogP contribution in [0, 0.1) is 0 Å². The molecule has 0 aliphatic rings. The molecule has 1 atom stereocenters. The number of hydrogen-bond acceptors (Lipinski definition) is 5. The Kier molecular flexibility index (Phi) is 5.72. The maximum atomic E-state index is 12.5. The van der Waals surface area contributed by atoms with Gasteiger partial charge in [-0.25, -0.2) is 8.42 Å². The predicted molar refractivity (Wildman–Crippen MR) is 95.8 cm³/mol. The number of sulfone groups is 1. The summed E-state index contributed by atoms with van der Waals surface area (Å²) >= 11 is 5.76. The number of hydrogen-bond donors (Lipinski definition) is 2. The lowest BCUT2D eigenvalue weighted by Gasteiger charge is -2.22. The van der Waals surface area contributed by atoms with Gasteiger partial charge < -0.3 is 15.2 Å². The van der Waals surface area contributed by atoms with Crippen molar-refractivity contribution in [2.45, 2.75) is 17.4 Å². The number of methoxy groups -OCH3 is 1. The molecule has 8 heteroatoms. The van der Waals surface area contributed by atoms with Gasteiger partial charge in [0.25, 0.3) is 5.91 Å². The number of carbonyl (C=O) groups excluding carboxylic acids is 1. The first kappa shape index (κ1) is 19.2. The van der Waals surface area contributed by atoms with Gasteiger partial charge >= 0.3 is 0 Å². The van der Waals surface area contributed by atoms with Gasteiger partial charge in [-0.1, -0.05) is 11.6 Å². The van der Waals surface area contributed by atoms with Crippen molar-refractivity contribution in [2.75, 3.05) is 18.2 Å². The van der Waals surface area contributed by atoms with Gasteiger partial charge in [0.1, 0.15) is 5.75 Å². The van der Waals surface area contributed by atoms with Crippen molar-refractivity contribution in [3.8, 4) is 5.75 Å². The fraction of sp³-hybridized carbons (Fsp3) is 0.235. The van der Waals surface area contributed by atoms with E-state index in [2.05, 4.69) is 5.32 Å². The first-order valence-electron chi connectivity index (χ1n) is 7.30. The van der Waals surface area contributed by atoms with Crippen LogP contribution < -0.4 is 10.1 Å². The zero-order valence-corrected chi connectivity index (χ0v) is 15.3. The molecule has 0 saturated heterocycles.